The highest BCUT2D eigenvalue weighted by Crippen LogP contribution is 1.99. The van der Waals surface area contributed by atoms with Gasteiger partial charge in [0, 0.05) is 18.4 Å². The molecule has 0 saturated heterocycles. The van der Waals surface area contributed by atoms with E-state index < -0.39 is 0 Å². The SMILES string of the molecule is C/C=C(\C)C(=O)NC(CC)[NH2+]/C(=C\[N+](C)(C)C)CC.[Cl-].[Cl-]. The van der Waals surface area contributed by atoms with Gasteiger partial charge in [0.2, 0.25) is 0 Å². The largest absolute Gasteiger partial charge is 1.00 e. The lowest BCUT2D eigenvalue weighted by molar-refractivity contribution is -0.823. The van der Waals surface area contributed by atoms with Gasteiger partial charge in [-0.3, -0.25) is 14.6 Å². The van der Waals surface area contributed by atoms with Gasteiger partial charge in [-0.15, -0.1) is 0 Å². The molecule has 6 heteroatoms. The lowest BCUT2D eigenvalue weighted by Gasteiger charge is -2.21. The third-order valence-electron chi connectivity index (χ3n) is 2.92. The van der Waals surface area contributed by atoms with Crippen LogP contribution in [-0.4, -0.2) is 37.7 Å². The average Bonchev–Trinajstić information content (AvgIpc) is 2.33. The summed E-state index contributed by atoms with van der Waals surface area (Å²) in [6, 6.07) is 0. The van der Waals surface area contributed by atoms with E-state index in [0.29, 0.717) is 0 Å². The van der Waals surface area contributed by atoms with E-state index in [9.17, 15) is 4.79 Å². The Morgan fingerprint density at radius 1 is 1.24 bits per heavy atom. The summed E-state index contributed by atoms with van der Waals surface area (Å²) in [5, 5.41) is 5.23. The number of nitrogens with zero attached hydrogens (tertiary/aromatic N) is 1. The number of nitrogens with two attached hydrogens (primary N) is 1. The number of nitrogens with one attached hydrogen (secondary N) is 1. The molecule has 0 rings (SSSR count). The Morgan fingerprint density at radius 2 is 1.76 bits per heavy atom. The third kappa shape index (κ3) is 11.8. The van der Waals surface area contributed by atoms with Gasteiger partial charge in [0.1, 0.15) is 0 Å². The molecular weight excluding hydrogens is 309 g/mol. The summed E-state index contributed by atoms with van der Waals surface area (Å²) < 4.78 is 0.790. The Balaban J connectivity index is -0.00000162. The molecule has 1 amide bonds. The molecule has 4 nitrogen and oxygen atoms in total. The second-order valence-corrected chi connectivity index (χ2v) is 5.80. The molecule has 0 aromatic heterocycles. The molecule has 0 aliphatic rings. The van der Waals surface area contributed by atoms with Crippen LogP contribution in [0.5, 0.6) is 0 Å². The number of rotatable bonds is 7. The first-order valence-corrected chi connectivity index (χ1v) is 7.05. The summed E-state index contributed by atoms with van der Waals surface area (Å²) in [5.41, 5.74) is 2.04. The van der Waals surface area contributed by atoms with Gasteiger partial charge in [0.15, 0.2) is 18.1 Å². The van der Waals surface area contributed by atoms with Crippen molar-refractivity contribution in [2.45, 2.75) is 46.7 Å². The van der Waals surface area contributed by atoms with Crippen LogP contribution in [-0.2, 0) is 4.79 Å². The number of hydrogen-bond donors (Lipinski definition) is 2. The van der Waals surface area contributed by atoms with Crippen LogP contribution in [0, 0.1) is 0 Å². The van der Waals surface area contributed by atoms with E-state index in [-0.39, 0.29) is 36.9 Å². The Hall–Kier alpha value is -0.550. The maximum Gasteiger partial charge on any atom is 0.251 e. The minimum absolute atomic E-state index is 0. The number of halogens is 2. The van der Waals surface area contributed by atoms with Crippen LogP contribution < -0.4 is 35.4 Å². The third-order valence-corrected chi connectivity index (χ3v) is 2.92. The van der Waals surface area contributed by atoms with Crippen LogP contribution in [0.4, 0.5) is 0 Å². The summed E-state index contributed by atoms with van der Waals surface area (Å²) >= 11 is 0. The first kappa shape index (κ1) is 25.4. The molecule has 0 heterocycles. The van der Waals surface area contributed by atoms with Crippen molar-refractivity contribution >= 4 is 5.91 Å². The van der Waals surface area contributed by atoms with E-state index in [1.54, 1.807) is 0 Å². The molecule has 1 atom stereocenters. The Kier molecular flexibility index (Phi) is 14.6. The molecule has 0 radical (unpaired) electrons. The Bertz CT molecular complexity index is 360. The molecule has 126 valence electrons. The highest BCUT2D eigenvalue weighted by molar-refractivity contribution is 5.92. The van der Waals surface area contributed by atoms with Crippen molar-refractivity contribution in [2.24, 2.45) is 0 Å². The quantitative estimate of drug-likeness (QED) is 0.273. The maximum atomic E-state index is 11.9. The van der Waals surface area contributed by atoms with Crippen LogP contribution in [0.2, 0.25) is 0 Å². The molecule has 1 unspecified atom stereocenters. The first-order valence-electron chi connectivity index (χ1n) is 7.05. The van der Waals surface area contributed by atoms with E-state index in [1.165, 1.54) is 5.70 Å². The Labute approximate surface area is 142 Å². The number of amides is 1. The van der Waals surface area contributed by atoms with Crippen molar-refractivity contribution in [2.75, 3.05) is 21.1 Å². The van der Waals surface area contributed by atoms with Crippen molar-refractivity contribution in [1.82, 2.24) is 5.32 Å². The highest BCUT2D eigenvalue weighted by atomic mass is 35.5. The molecule has 0 aromatic carbocycles. The molecule has 0 aromatic rings. The highest BCUT2D eigenvalue weighted by Gasteiger charge is 2.17. The molecule has 0 fully saturated rings. The predicted molar refractivity (Wildman–Crippen MR) is 80.0 cm³/mol. The fourth-order valence-electron chi connectivity index (χ4n) is 1.68. The van der Waals surface area contributed by atoms with Gasteiger partial charge in [-0.1, -0.05) is 19.9 Å². The zero-order chi connectivity index (χ0) is 15.1. The van der Waals surface area contributed by atoms with E-state index >= 15 is 0 Å². The van der Waals surface area contributed by atoms with Crippen LogP contribution in [0.3, 0.4) is 0 Å². The zero-order valence-corrected chi connectivity index (χ0v) is 15.8. The second-order valence-electron chi connectivity index (χ2n) is 5.80. The van der Waals surface area contributed by atoms with Crippen molar-refractivity contribution in [3.63, 3.8) is 0 Å². The van der Waals surface area contributed by atoms with Crippen LogP contribution >= 0.6 is 0 Å². The van der Waals surface area contributed by atoms with E-state index in [4.69, 9.17) is 0 Å². The van der Waals surface area contributed by atoms with E-state index in [2.05, 4.69) is 51.8 Å². The number of quaternary nitrogens is 2. The van der Waals surface area contributed by atoms with Crippen molar-refractivity contribution in [1.29, 1.82) is 0 Å². The van der Waals surface area contributed by atoms with Crippen molar-refractivity contribution < 1.29 is 39.4 Å². The summed E-state index contributed by atoms with van der Waals surface area (Å²) in [4.78, 5) is 11.9. The molecule has 0 bridgehead atoms. The van der Waals surface area contributed by atoms with E-state index in [0.717, 1.165) is 22.9 Å². The standard InChI is InChI=1S/C15H29N3O.2ClH/c1-8-12(4)15(19)17-14(10-3)16-13(9-2)11-18(5,6)7;;/h8,11,14,16H,9-10H2,1-7H3;2*1H/b12-8+,13-11-;;. The topological polar surface area (TPSA) is 45.7 Å². The molecular formula is C15H31Cl2N3O. The molecule has 21 heavy (non-hydrogen) atoms. The van der Waals surface area contributed by atoms with Gasteiger partial charge in [0.05, 0.1) is 21.1 Å². The average molecular weight is 340 g/mol. The van der Waals surface area contributed by atoms with E-state index in [1.807, 2.05) is 19.9 Å². The minimum atomic E-state index is 0. The van der Waals surface area contributed by atoms with Gasteiger partial charge in [0.25, 0.3) is 5.91 Å². The van der Waals surface area contributed by atoms with Crippen molar-refractivity contribution in [3.8, 4) is 0 Å². The molecule has 0 saturated carbocycles. The normalized spacial score (nSPS) is 13.9. The van der Waals surface area contributed by atoms with Gasteiger partial charge >= 0.3 is 0 Å². The van der Waals surface area contributed by atoms with Gasteiger partial charge in [-0.25, -0.2) is 0 Å². The number of carbonyl (C=O) groups is 1. The maximum absolute atomic E-state index is 11.9. The number of carbonyl (C=O) groups excluding carboxylic acids is 1. The molecule has 0 aliphatic heterocycles. The van der Waals surface area contributed by atoms with Gasteiger partial charge in [-0.05, 0) is 13.8 Å². The monoisotopic (exact) mass is 339 g/mol. The number of allylic oxidation sites excluding steroid dienone is 2. The molecule has 0 aliphatic carbocycles. The second kappa shape index (κ2) is 12.0. The van der Waals surface area contributed by atoms with Gasteiger partial charge in [-0.2, -0.15) is 0 Å². The predicted octanol–water partition coefficient (Wildman–Crippen LogP) is -4.67. The fourth-order valence-corrected chi connectivity index (χ4v) is 1.68. The summed E-state index contributed by atoms with van der Waals surface area (Å²) in [6.45, 7) is 7.95. The lowest BCUT2D eigenvalue weighted by Crippen LogP contribution is -3.00. The smallest absolute Gasteiger partial charge is 0.251 e. The van der Waals surface area contributed by atoms with Crippen LogP contribution in [0.25, 0.3) is 0 Å². The van der Waals surface area contributed by atoms with Crippen LogP contribution in [0.15, 0.2) is 23.5 Å². The first-order chi connectivity index (χ1) is 8.73. The number of hydrogen-bond acceptors (Lipinski definition) is 1. The summed E-state index contributed by atoms with van der Waals surface area (Å²) in [7, 11) is 6.40. The molecule has 0 spiro atoms. The fraction of sp³-hybridized carbons (Fsp3) is 0.667. The summed E-state index contributed by atoms with van der Waals surface area (Å²) in [5.74, 6) is 0.0197. The molecule has 3 N–H and O–H groups in total. The van der Waals surface area contributed by atoms with Gasteiger partial charge < -0.3 is 30.1 Å². The Morgan fingerprint density at radius 3 is 2.10 bits per heavy atom. The minimum Gasteiger partial charge on any atom is -1.00 e. The lowest BCUT2D eigenvalue weighted by atomic mass is 10.2. The zero-order valence-electron chi connectivity index (χ0n) is 14.3. The summed E-state index contributed by atoms with van der Waals surface area (Å²) in [6.07, 6.45) is 6.03. The van der Waals surface area contributed by atoms with Crippen molar-refractivity contribution in [3.05, 3.63) is 23.5 Å². The van der Waals surface area contributed by atoms with Crippen LogP contribution in [0.1, 0.15) is 40.5 Å².